The summed E-state index contributed by atoms with van der Waals surface area (Å²) in [6, 6.07) is 5.16. The van der Waals surface area contributed by atoms with E-state index in [1.807, 2.05) is 19.1 Å². The van der Waals surface area contributed by atoms with Gasteiger partial charge in [-0.05, 0) is 12.5 Å². The number of carbonyl (C=O) groups is 1. The van der Waals surface area contributed by atoms with Crippen molar-refractivity contribution in [2.75, 3.05) is 18.1 Å². The fourth-order valence-electron chi connectivity index (χ4n) is 1.29. The molecule has 0 amide bonds. The summed E-state index contributed by atoms with van der Waals surface area (Å²) in [5.41, 5.74) is 5.96. The van der Waals surface area contributed by atoms with E-state index < -0.39 is 0 Å². The van der Waals surface area contributed by atoms with E-state index in [0.29, 0.717) is 11.6 Å². The third-order valence-corrected chi connectivity index (χ3v) is 3.31. The molecule has 1 aromatic heterocycles. The molecule has 0 atom stereocenters. The van der Waals surface area contributed by atoms with Gasteiger partial charge in [0, 0.05) is 0 Å². The van der Waals surface area contributed by atoms with Crippen molar-refractivity contribution in [3.05, 3.63) is 17.2 Å². The van der Waals surface area contributed by atoms with Gasteiger partial charge in [-0.25, -0.2) is 4.98 Å². The number of anilines is 1. The first-order valence-electron chi connectivity index (χ1n) is 6.01. The Labute approximate surface area is 121 Å². The van der Waals surface area contributed by atoms with Gasteiger partial charge >= 0.3 is 5.97 Å². The van der Waals surface area contributed by atoms with Gasteiger partial charge in [-0.1, -0.05) is 25.1 Å². The van der Waals surface area contributed by atoms with E-state index in [-0.39, 0.29) is 28.7 Å². The minimum Gasteiger partial charge on any atom is -0.465 e. The zero-order valence-corrected chi connectivity index (χ0v) is 11.9. The summed E-state index contributed by atoms with van der Waals surface area (Å²) >= 11 is 1.07. The van der Waals surface area contributed by atoms with E-state index in [2.05, 4.69) is 4.98 Å². The first-order valence-corrected chi connectivity index (χ1v) is 7.00. The molecule has 6 nitrogen and oxygen atoms in total. The minimum atomic E-state index is -0.364. The van der Waals surface area contributed by atoms with E-state index in [9.17, 15) is 4.79 Å². The highest BCUT2D eigenvalue weighted by molar-refractivity contribution is 7.99. The molecule has 0 aliphatic rings. The number of nitrogens with zero attached hydrogens (tertiary/aromatic N) is 3. The van der Waals surface area contributed by atoms with Crippen molar-refractivity contribution in [2.24, 2.45) is 0 Å². The smallest absolute Gasteiger partial charge is 0.316 e. The molecule has 2 N–H and O–H groups in total. The van der Waals surface area contributed by atoms with Gasteiger partial charge in [-0.3, -0.25) is 4.79 Å². The zero-order valence-electron chi connectivity index (χ0n) is 11.0. The molecular weight excluding hydrogens is 276 g/mol. The Bertz CT molecular complexity index is 575. The number of carbonyl (C=O) groups excluding carboxylic acids is 1. The quantitative estimate of drug-likeness (QED) is 0.483. The predicted octanol–water partition coefficient (Wildman–Crippen LogP) is 1.84. The molecule has 20 heavy (non-hydrogen) atoms. The van der Waals surface area contributed by atoms with Crippen LogP contribution in [0.25, 0.3) is 0 Å². The third kappa shape index (κ3) is 4.45. The van der Waals surface area contributed by atoms with Gasteiger partial charge in [0.2, 0.25) is 0 Å². The molecule has 1 heterocycles. The highest BCUT2D eigenvalue weighted by atomic mass is 32.2. The van der Waals surface area contributed by atoms with Crippen LogP contribution in [0.1, 0.15) is 30.9 Å². The molecule has 7 heteroatoms. The molecule has 0 fully saturated rings. The molecule has 0 saturated carbocycles. The van der Waals surface area contributed by atoms with Gasteiger partial charge in [0.1, 0.15) is 23.0 Å². The Morgan fingerprint density at radius 3 is 2.75 bits per heavy atom. The number of nitrogen functional groups attached to an aromatic ring is 1. The molecule has 0 aliphatic carbocycles. The molecule has 0 bridgehead atoms. The second-order valence-corrected chi connectivity index (χ2v) is 4.82. The van der Waals surface area contributed by atoms with Gasteiger partial charge in [0.25, 0.3) is 0 Å². The molecule has 0 radical (unpaired) electrons. The second-order valence-electron chi connectivity index (χ2n) is 3.86. The molecule has 0 aromatic carbocycles. The summed E-state index contributed by atoms with van der Waals surface area (Å²) in [6.45, 7) is 2.40. The third-order valence-electron chi connectivity index (χ3n) is 2.35. The molecule has 0 spiro atoms. The maximum absolute atomic E-state index is 11.5. The highest BCUT2D eigenvalue weighted by Crippen LogP contribution is 2.23. The van der Waals surface area contributed by atoms with E-state index in [1.165, 1.54) is 6.07 Å². The normalized spacial score (nSPS) is 9.55. The van der Waals surface area contributed by atoms with Crippen molar-refractivity contribution in [3.63, 3.8) is 0 Å². The SMILES string of the molecule is CCCCOC(=O)CSc1nc(N)c(C#N)cc1C#N. The van der Waals surface area contributed by atoms with Gasteiger partial charge in [0.15, 0.2) is 0 Å². The predicted molar refractivity (Wildman–Crippen MR) is 74.7 cm³/mol. The van der Waals surface area contributed by atoms with Crippen LogP contribution in [0, 0.1) is 22.7 Å². The largest absolute Gasteiger partial charge is 0.465 e. The summed E-state index contributed by atoms with van der Waals surface area (Å²) in [7, 11) is 0. The average Bonchev–Trinajstić information content (AvgIpc) is 2.45. The highest BCUT2D eigenvalue weighted by Gasteiger charge is 2.12. The minimum absolute atomic E-state index is 0.0494. The summed E-state index contributed by atoms with van der Waals surface area (Å²) in [5.74, 6) is -0.262. The lowest BCUT2D eigenvalue weighted by molar-refractivity contribution is -0.140. The zero-order chi connectivity index (χ0) is 15.0. The van der Waals surface area contributed by atoms with Crippen LogP contribution in [-0.2, 0) is 9.53 Å². The molecule has 1 aromatic rings. The van der Waals surface area contributed by atoms with E-state index >= 15 is 0 Å². The maximum atomic E-state index is 11.5. The summed E-state index contributed by atoms with van der Waals surface area (Å²) < 4.78 is 5.00. The average molecular weight is 290 g/mol. The summed E-state index contributed by atoms with van der Waals surface area (Å²) in [6.07, 6.45) is 1.77. The first-order chi connectivity index (χ1) is 9.62. The lowest BCUT2D eigenvalue weighted by atomic mass is 10.2. The van der Waals surface area contributed by atoms with Crippen LogP contribution in [0.2, 0.25) is 0 Å². The molecule has 0 saturated heterocycles. The van der Waals surface area contributed by atoms with Crippen molar-refractivity contribution < 1.29 is 9.53 Å². The van der Waals surface area contributed by atoms with E-state index in [0.717, 1.165) is 24.6 Å². The van der Waals surface area contributed by atoms with Gasteiger partial charge in [0.05, 0.1) is 23.5 Å². The van der Waals surface area contributed by atoms with Crippen LogP contribution >= 0.6 is 11.8 Å². The van der Waals surface area contributed by atoms with Crippen LogP contribution in [0.5, 0.6) is 0 Å². The number of nitriles is 2. The van der Waals surface area contributed by atoms with Crippen LogP contribution in [0.15, 0.2) is 11.1 Å². The number of ether oxygens (including phenoxy) is 1. The number of hydrogen-bond donors (Lipinski definition) is 1. The lowest BCUT2D eigenvalue weighted by Gasteiger charge is -2.06. The second kappa shape index (κ2) is 8.03. The van der Waals surface area contributed by atoms with E-state index in [4.69, 9.17) is 21.0 Å². The van der Waals surface area contributed by atoms with E-state index in [1.54, 1.807) is 0 Å². The Morgan fingerprint density at radius 1 is 1.45 bits per heavy atom. The Balaban J connectivity index is 2.69. The standard InChI is InChI=1S/C13H14N4O2S/c1-2-3-4-19-11(18)8-20-13-10(7-15)5-9(6-14)12(16)17-13/h5H,2-4,8H2,1H3,(H2,16,17). The van der Waals surface area contributed by atoms with Crippen LogP contribution in [0.4, 0.5) is 5.82 Å². The molecule has 0 unspecified atom stereocenters. The summed E-state index contributed by atoms with van der Waals surface area (Å²) in [5, 5.41) is 18.1. The first kappa shape index (κ1) is 15.8. The molecular formula is C13H14N4O2S. The van der Waals surface area contributed by atoms with Crippen molar-refractivity contribution in [2.45, 2.75) is 24.8 Å². The number of aromatic nitrogens is 1. The molecule has 1 rings (SSSR count). The van der Waals surface area contributed by atoms with Crippen molar-refractivity contribution in [3.8, 4) is 12.1 Å². The lowest BCUT2D eigenvalue weighted by Crippen LogP contribution is -2.09. The van der Waals surface area contributed by atoms with Gasteiger partial charge in [-0.2, -0.15) is 10.5 Å². The van der Waals surface area contributed by atoms with Crippen LogP contribution in [-0.4, -0.2) is 23.3 Å². The Kier molecular flexibility index (Phi) is 6.34. The number of thioether (sulfide) groups is 1. The molecule has 104 valence electrons. The Morgan fingerprint density at radius 2 is 2.15 bits per heavy atom. The number of rotatable bonds is 6. The topological polar surface area (TPSA) is 113 Å². The number of pyridine rings is 1. The maximum Gasteiger partial charge on any atom is 0.316 e. The number of unbranched alkanes of at least 4 members (excludes halogenated alkanes) is 1. The van der Waals surface area contributed by atoms with Crippen molar-refractivity contribution in [1.82, 2.24) is 4.98 Å². The number of esters is 1. The fourth-order valence-corrected chi connectivity index (χ4v) is 2.05. The monoisotopic (exact) mass is 290 g/mol. The summed E-state index contributed by atoms with van der Waals surface area (Å²) in [4.78, 5) is 15.4. The van der Waals surface area contributed by atoms with Crippen molar-refractivity contribution >= 4 is 23.5 Å². The van der Waals surface area contributed by atoms with Crippen molar-refractivity contribution in [1.29, 1.82) is 10.5 Å². The Hall–Kier alpha value is -2.25. The van der Waals surface area contributed by atoms with Gasteiger partial charge < -0.3 is 10.5 Å². The van der Waals surface area contributed by atoms with Gasteiger partial charge in [-0.15, -0.1) is 0 Å². The molecule has 0 aliphatic heterocycles. The van der Waals surface area contributed by atoms with Crippen LogP contribution in [0.3, 0.4) is 0 Å². The fraction of sp³-hybridized carbons (Fsp3) is 0.385. The number of hydrogen-bond acceptors (Lipinski definition) is 7. The van der Waals surface area contributed by atoms with Crippen LogP contribution < -0.4 is 5.73 Å². The number of nitrogens with two attached hydrogens (primary N) is 1.